The molecule has 2 heteroatoms. The Morgan fingerprint density at radius 3 is 2.06 bits per heavy atom. The van der Waals surface area contributed by atoms with Crippen molar-refractivity contribution in [3.05, 3.63) is 35.5 Å². The molecular formula is C15H26O2. The van der Waals surface area contributed by atoms with Gasteiger partial charge in [-0.3, -0.25) is 0 Å². The summed E-state index contributed by atoms with van der Waals surface area (Å²) in [6.07, 6.45) is 7.58. The number of carbonyl (C=O) groups is 1. The summed E-state index contributed by atoms with van der Waals surface area (Å²) in [7, 11) is 0. The Morgan fingerprint density at radius 2 is 1.76 bits per heavy atom. The molecule has 2 nitrogen and oxygen atoms in total. The monoisotopic (exact) mass is 238 g/mol. The third kappa shape index (κ3) is 20.8. The highest BCUT2D eigenvalue weighted by molar-refractivity contribution is 5.53. The van der Waals surface area contributed by atoms with Crippen LogP contribution in [0.25, 0.3) is 0 Å². The first-order chi connectivity index (χ1) is 7.93. The fraction of sp³-hybridized carbons (Fsp3) is 0.533. The van der Waals surface area contributed by atoms with Crippen molar-refractivity contribution >= 4 is 6.29 Å². The maximum atomic E-state index is 9.55. The lowest BCUT2D eigenvalue weighted by Crippen LogP contribution is -1.80. The number of hydrogen-bond acceptors (Lipinski definition) is 2. The molecule has 0 bridgehead atoms. The van der Waals surface area contributed by atoms with E-state index in [2.05, 4.69) is 33.4 Å². The number of carbonyl (C=O) groups excluding carboxylic acids is 1. The van der Waals surface area contributed by atoms with Crippen LogP contribution in [-0.2, 0) is 4.79 Å². The Labute approximate surface area is 106 Å². The van der Waals surface area contributed by atoms with Gasteiger partial charge < -0.3 is 9.90 Å². The number of aliphatic hydroxyl groups excluding tert-OH is 1. The highest BCUT2D eigenvalue weighted by Crippen LogP contribution is 2.05. The summed E-state index contributed by atoms with van der Waals surface area (Å²) in [4.78, 5) is 9.55. The third-order valence-electron chi connectivity index (χ3n) is 1.96. The van der Waals surface area contributed by atoms with E-state index in [0.29, 0.717) is 6.42 Å². The lowest BCUT2D eigenvalue weighted by Gasteiger charge is -1.96. The molecule has 0 radical (unpaired) electrons. The predicted molar refractivity (Wildman–Crippen MR) is 75.0 cm³/mol. The fourth-order valence-corrected chi connectivity index (χ4v) is 0.989. The number of hydrogen-bond donors (Lipinski definition) is 1. The van der Waals surface area contributed by atoms with Crippen LogP contribution >= 0.6 is 0 Å². The molecule has 0 spiro atoms. The minimum Gasteiger partial charge on any atom is -0.392 e. The molecule has 0 aliphatic heterocycles. The lowest BCUT2D eigenvalue weighted by molar-refractivity contribution is -0.107. The second kappa shape index (κ2) is 12.9. The van der Waals surface area contributed by atoms with Gasteiger partial charge in [0.1, 0.15) is 6.29 Å². The molecule has 98 valence electrons. The van der Waals surface area contributed by atoms with E-state index in [1.165, 1.54) is 11.1 Å². The number of aliphatic hydroxyl groups is 1. The highest BCUT2D eigenvalue weighted by Gasteiger charge is 1.86. The zero-order valence-electron chi connectivity index (χ0n) is 11.6. The fourth-order valence-electron chi connectivity index (χ4n) is 0.989. The van der Waals surface area contributed by atoms with Crippen LogP contribution in [0, 0.1) is 0 Å². The van der Waals surface area contributed by atoms with Crippen LogP contribution in [-0.4, -0.2) is 18.0 Å². The van der Waals surface area contributed by atoms with Gasteiger partial charge in [-0.05, 0) is 40.5 Å². The smallest absolute Gasteiger partial charge is 0.124 e. The Hall–Kier alpha value is -1.15. The van der Waals surface area contributed by atoms with Gasteiger partial charge in [0.05, 0.1) is 6.61 Å². The van der Waals surface area contributed by atoms with Crippen LogP contribution in [0.15, 0.2) is 35.5 Å². The van der Waals surface area contributed by atoms with E-state index in [0.717, 1.165) is 24.7 Å². The average molecular weight is 238 g/mol. The number of rotatable bonds is 6. The van der Waals surface area contributed by atoms with Crippen molar-refractivity contribution < 1.29 is 9.90 Å². The predicted octanol–water partition coefficient (Wildman–Crippen LogP) is 3.82. The van der Waals surface area contributed by atoms with Crippen LogP contribution in [0.3, 0.4) is 0 Å². The van der Waals surface area contributed by atoms with Crippen molar-refractivity contribution in [2.75, 3.05) is 6.61 Å². The Morgan fingerprint density at radius 1 is 1.18 bits per heavy atom. The molecular weight excluding hydrogens is 212 g/mol. The molecule has 17 heavy (non-hydrogen) atoms. The van der Waals surface area contributed by atoms with E-state index in [-0.39, 0.29) is 6.61 Å². The second-order valence-electron chi connectivity index (χ2n) is 4.38. The zero-order chi connectivity index (χ0) is 13.7. The Bertz CT molecular complexity index is 269. The largest absolute Gasteiger partial charge is 0.392 e. The molecule has 0 aromatic rings. The van der Waals surface area contributed by atoms with Gasteiger partial charge in [-0.25, -0.2) is 0 Å². The summed E-state index contributed by atoms with van der Waals surface area (Å²) >= 11 is 0. The molecule has 0 atom stereocenters. The minimum absolute atomic E-state index is 0.167. The van der Waals surface area contributed by atoms with Gasteiger partial charge in [0.25, 0.3) is 0 Å². The van der Waals surface area contributed by atoms with Gasteiger partial charge in [-0.2, -0.15) is 0 Å². The second-order valence-corrected chi connectivity index (χ2v) is 4.38. The van der Waals surface area contributed by atoms with E-state index in [1.807, 2.05) is 13.0 Å². The van der Waals surface area contributed by atoms with Crippen molar-refractivity contribution in [3.8, 4) is 0 Å². The molecule has 0 heterocycles. The van der Waals surface area contributed by atoms with Gasteiger partial charge in [-0.1, -0.05) is 35.5 Å². The van der Waals surface area contributed by atoms with Crippen LogP contribution in [0.4, 0.5) is 0 Å². The normalized spacial score (nSPS) is 10.1. The van der Waals surface area contributed by atoms with Crippen LogP contribution in [0.2, 0.25) is 0 Å². The topological polar surface area (TPSA) is 37.3 Å². The summed E-state index contributed by atoms with van der Waals surface area (Å²) < 4.78 is 0. The summed E-state index contributed by atoms with van der Waals surface area (Å²) in [5.74, 6) is 0. The lowest BCUT2D eigenvalue weighted by atomic mass is 10.1. The Balaban J connectivity index is 0. The summed E-state index contributed by atoms with van der Waals surface area (Å²) in [6.45, 7) is 11.8. The first-order valence-electron chi connectivity index (χ1n) is 5.91. The highest BCUT2D eigenvalue weighted by atomic mass is 16.2. The molecule has 0 fully saturated rings. The van der Waals surface area contributed by atoms with E-state index < -0.39 is 0 Å². The van der Waals surface area contributed by atoms with E-state index in [9.17, 15) is 4.79 Å². The molecule has 0 amide bonds. The molecule has 1 N–H and O–H groups in total. The zero-order valence-corrected chi connectivity index (χ0v) is 11.6. The molecule has 0 aromatic heterocycles. The SMILES string of the molecule is C=C(C)CC=O.CC(C)=CCCC(C)=CCO. The van der Waals surface area contributed by atoms with Crippen LogP contribution in [0.5, 0.6) is 0 Å². The number of allylic oxidation sites excluding steroid dienone is 4. The van der Waals surface area contributed by atoms with Crippen LogP contribution < -0.4 is 0 Å². The molecule has 0 saturated heterocycles. The minimum atomic E-state index is 0.167. The first kappa shape index (κ1) is 18.2. The molecule has 0 aliphatic carbocycles. The standard InChI is InChI=1S/C10H18O.C5H8O/c1-9(2)5-4-6-10(3)7-8-11;1-5(2)3-4-6/h5,7,11H,4,6,8H2,1-3H3;4H,1,3H2,2H3. The van der Waals surface area contributed by atoms with E-state index in [4.69, 9.17) is 5.11 Å². The quantitative estimate of drug-likeness (QED) is 0.564. The summed E-state index contributed by atoms with van der Waals surface area (Å²) in [5, 5.41) is 8.55. The maximum absolute atomic E-state index is 9.55. The third-order valence-corrected chi connectivity index (χ3v) is 1.96. The van der Waals surface area contributed by atoms with E-state index in [1.54, 1.807) is 0 Å². The average Bonchev–Trinajstić information content (AvgIpc) is 2.18. The van der Waals surface area contributed by atoms with Gasteiger partial charge in [0.15, 0.2) is 0 Å². The van der Waals surface area contributed by atoms with Crippen molar-refractivity contribution in [3.63, 3.8) is 0 Å². The van der Waals surface area contributed by atoms with Crippen molar-refractivity contribution in [2.24, 2.45) is 0 Å². The maximum Gasteiger partial charge on any atom is 0.124 e. The molecule has 0 rings (SSSR count). The molecule has 0 unspecified atom stereocenters. The summed E-state index contributed by atoms with van der Waals surface area (Å²) in [5.41, 5.74) is 3.55. The van der Waals surface area contributed by atoms with Crippen molar-refractivity contribution in [1.29, 1.82) is 0 Å². The molecule has 0 aliphatic rings. The van der Waals surface area contributed by atoms with Gasteiger partial charge >= 0.3 is 0 Å². The van der Waals surface area contributed by atoms with Gasteiger partial charge in [0, 0.05) is 6.42 Å². The van der Waals surface area contributed by atoms with Gasteiger partial charge in [-0.15, -0.1) is 0 Å². The van der Waals surface area contributed by atoms with Gasteiger partial charge in [0.2, 0.25) is 0 Å². The Kier molecular flexibility index (Phi) is 13.8. The summed E-state index contributed by atoms with van der Waals surface area (Å²) in [6, 6.07) is 0. The van der Waals surface area contributed by atoms with Crippen molar-refractivity contribution in [2.45, 2.75) is 47.0 Å². The van der Waals surface area contributed by atoms with Crippen LogP contribution in [0.1, 0.15) is 47.0 Å². The molecule has 0 aromatic carbocycles. The first-order valence-corrected chi connectivity index (χ1v) is 5.91. The number of aldehydes is 1. The van der Waals surface area contributed by atoms with E-state index >= 15 is 0 Å². The molecule has 0 saturated carbocycles. The van der Waals surface area contributed by atoms with Crippen molar-refractivity contribution in [1.82, 2.24) is 0 Å².